The topological polar surface area (TPSA) is 41.1 Å². The molecule has 0 amide bonds. The Morgan fingerprint density at radius 1 is 1.35 bits per heavy atom. The number of nitrogens with zero attached hydrogens (tertiary/aromatic N) is 3. The van der Waals surface area contributed by atoms with Gasteiger partial charge in [-0.1, -0.05) is 4.49 Å². The van der Waals surface area contributed by atoms with Gasteiger partial charge >= 0.3 is 0 Å². The second-order valence-electron chi connectivity index (χ2n) is 5.18. The maximum Gasteiger partial charge on any atom is 0.134 e. The predicted molar refractivity (Wildman–Crippen MR) is 70.2 cm³/mol. The fraction of sp³-hybridized carbons (Fsp3) is 0.833. The molecular weight excluding hydrogens is 232 g/mol. The van der Waals surface area contributed by atoms with E-state index in [0.29, 0.717) is 0 Å². The normalized spacial score (nSPS) is 19.9. The lowest BCUT2D eigenvalue weighted by atomic mass is 10.3. The van der Waals surface area contributed by atoms with E-state index in [9.17, 15) is 0 Å². The zero-order valence-corrected chi connectivity index (χ0v) is 11.2. The van der Waals surface area contributed by atoms with Crippen LogP contribution in [0.25, 0.3) is 0 Å². The van der Waals surface area contributed by atoms with Crippen LogP contribution >= 0.6 is 11.5 Å². The molecule has 3 rings (SSSR count). The zero-order valence-electron chi connectivity index (χ0n) is 10.4. The zero-order chi connectivity index (χ0) is 11.7. The van der Waals surface area contributed by atoms with Crippen LogP contribution in [-0.2, 0) is 6.54 Å². The molecular formula is C12H20N4S. The molecule has 0 aromatic carbocycles. The molecule has 0 bridgehead atoms. The highest BCUT2D eigenvalue weighted by atomic mass is 32.1. The van der Waals surface area contributed by atoms with E-state index in [4.69, 9.17) is 0 Å². The minimum absolute atomic E-state index is 0.826. The van der Waals surface area contributed by atoms with Crippen LogP contribution in [0.2, 0.25) is 0 Å². The smallest absolute Gasteiger partial charge is 0.134 e. The average molecular weight is 252 g/mol. The van der Waals surface area contributed by atoms with Crippen LogP contribution in [0.1, 0.15) is 38.3 Å². The Kier molecular flexibility index (Phi) is 3.29. The van der Waals surface area contributed by atoms with Gasteiger partial charge in [0.2, 0.25) is 0 Å². The minimum Gasteiger partial charge on any atom is -0.374 e. The molecule has 0 saturated heterocycles. The second kappa shape index (κ2) is 4.90. The summed E-state index contributed by atoms with van der Waals surface area (Å²) in [5.41, 5.74) is 1.14. The monoisotopic (exact) mass is 252 g/mol. The Hall–Kier alpha value is -0.680. The molecule has 2 aliphatic rings. The fourth-order valence-corrected chi connectivity index (χ4v) is 2.85. The summed E-state index contributed by atoms with van der Waals surface area (Å²) < 4.78 is 4.07. The number of nitrogens with one attached hydrogen (secondary N) is 1. The molecule has 5 heteroatoms. The molecule has 1 aromatic rings. The Labute approximate surface area is 107 Å². The third-order valence-corrected chi connectivity index (χ3v) is 4.22. The molecule has 94 valence electrons. The van der Waals surface area contributed by atoms with Crippen molar-refractivity contribution in [1.82, 2.24) is 14.5 Å². The van der Waals surface area contributed by atoms with Gasteiger partial charge in [-0.3, -0.25) is 4.90 Å². The second-order valence-corrected chi connectivity index (χ2v) is 5.94. The summed E-state index contributed by atoms with van der Waals surface area (Å²) in [7, 11) is 0. The molecule has 1 heterocycles. The van der Waals surface area contributed by atoms with Gasteiger partial charge < -0.3 is 5.32 Å². The molecule has 1 aromatic heterocycles. The van der Waals surface area contributed by atoms with E-state index < -0.39 is 0 Å². The van der Waals surface area contributed by atoms with Crippen molar-refractivity contribution in [3.05, 3.63) is 5.69 Å². The molecule has 0 spiro atoms. The Bertz CT molecular complexity index is 370. The number of hydrogen-bond donors (Lipinski definition) is 1. The Morgan fingerprint density at radius 3 is 2.82 bits per heavy atom. The van der Waals surface area contributed by atoms with Crippen molar-refractivity contribution in [1.29, 1.82) is 0 Å². The highest BCUT2D eigenvalue weighted by Crippen LogP contribution is 2.36. The van der Waals surface area contributed by atoms with Gasteiger partial charge in [-0.2, -0.15) is 0 Å². The number of anilines is 1. The van der Waals surface area contributed by atoms with Gasteiger partial charge in [-0.05, 0) is 38.5 Å². The quantitative estimate of drug-likeness (QED) is 0.808. The van der Waals surface area contributed by atoms with Gasteiger partial charge in [0.1, 0.15) is 10.7 Å². The van der Waals surface area contributed by atoms with Crippen molar-refractivity contribution in [2.75, 3.05) is 18.4 Å². The number of aromatic nitrogens is 2. The van der Waals surface area contributed by atoms with Crippen molar-refractivity contribution >= 4 is 16.5 Å². The van der Waals surface area contributed by atoms with Crippen LogP contribution in [0.3, 0.4) is 0 Å². The Balaban J connectivity index is 1.63. The van der Waals surface area contributed by atoms with E-state index in [1.165, 1.54) is 43.8 Å². The summed E-state index contributed by atoms with van der Waals surface area (Å²) in [6, 6.07) is 0.826. The first-order valence-electron chi connectivity index (χ1n) is 6.66. The molecule has 17 heavy (non-hydrogen) atoms. The third-order valence-electron chi connectivity index (χ3n) is 3.50. The van der Waals surface area contributed by atoms with Crippen molar-refractivity contribution < 1.29 is 0 Å². The lowest BCUT2D eigenvalue weighted by Crippen LogP contribution is -2.28. The van der Waals surface area contributed by atoms with Gasteiger partial charge in [0.25, 0.3) is 0 Å². The minimum atomic E-state index is 0.826. The summed E-state index contributed by atoms with van der Waals surface area (Å²) in [6.07, 6.45) is 5.61. The molecule has 1 N–H and O–H groups in total. The van der Waals surface area contributed by atoms with Gasteiger partial charge in [-0.25, -0.2) is 0 Å². The largest absolute Gasteiger partial charge is 0.374 e. The van der Waals surface area contributed by atoms with E-state index in [2.05, 4.69) is 26.7 Å². The van der Waals surface area contributed by atoms with E-state index >= 15 is 0 Å². The van der Waals surface area contributed by atoms with Crippen LogP contribution in [0, 0.1) is 5.92 Å². The molecule has 0 radical (unpaired) electrons. The summed E-state index contributed by atoms with van der Waals surface area (Å²) in [4.78, 5) is 2.62. The molecule has 2 aliphatic carbocycles. The highest BCUT2D eigenvalue weighted by molar-refractivity contribution is 7.10. The lowest BCUT2D eigenvalue weighted by Gasteiger charge is -2.20. The molecule has 0 unspecified atom stereocenters. The van der Waals surface area contributed by atoms with E-state index in [1.54, 1.807) is 0 Å². The molecule has 0 atom stereocenters. The van der Waals surface area contributed by atoms with Crippen LogP contribution in [-0.4, -0.2) is 33.6 Å². The lowest BCUT2D eigenvalue weighted by molar-refractivity contribution is 0.241. The first-order chi connectivity index (χ1) is 8.36. The fourth-order valence-electron chi connectivity index (χ4n) is 2.21. The third kappa shape index (κ3) is 2.96. The number of rotatable bonds is 7. The van der Waals surface area contributed by atoms with Gasteiger partial charge in [0.05, 0.1) is 0 Å². The van der Waals surface area contributed by atoms with E-state index in [0.717, 1.165) is 35.7 Å². The highest BCUT2D eigenvalue weighted by Gasteiger charge is 2.34. The average Bonchev–Trinajstić information content (AvgIpc) is 3.21. The van der Waals surface area contributed by atoms with E-state index in [-0.39, 0.29) is 0 Å². The Morgan fingerprint density at radius 2 is 2.18 bits per heavy atom. The van der Waals surface area contributed by atoms with Crippen molar-refractivity contribution in [3.63, 3.8) is 0 Å². The molecule has 4 nitrogen and oxygen atoms in total. The summed E-state index contributed by atoms with van der Waals surface area (Å²) in [5.74, 6) is 0.963. The summed E-state index contributed by atoms with van der Waals surface area (Å²) >= 11 is 1.48. The van der Waals surface area contributed by atoms with Crippen molar-refractivity contribution in [2.45, 2.75) is 45.2 Å². The first kappa shape index (κ1) is 11.4. The predicted octanol–water partition coefficient (Wildman–Crippen LogP) is 2.34. The van der Waals surface area contributed by atoms with E-state index in [1.807, 2.05) is 0 Å². The van der Waals surface area contributed by atoms with Gasteiger partial charge in [0, 0.05) is 37.2 Å². The molecule has 2 fully saturated rings. The van der Waals surface area contributed by atoms with Crippen LogP contribution < -0.4 is 5.32 Å². The first-order valence-corrected chi connectivity index (χ1v) is 7.43. The van der Waals surface area contributed by atoms with Crippen LogP contribution in [0.15, 0.2) is 0 Å². The van der Waals surface area contributed by atoms with Gasteiger partial charge in [0.15, 0.2) is 0 Å². The number of hydrogen-bond acceptors (Lipinski definition) is 5. The van der Waals surface area contributed by atoms with Crippen molar-refractivity contribution in [3.8, 4) is 0 Å². The maximum atomic E-state index is 4.28. The summed E-state index contributed by atoms with van der Waals surface area (Å²) in [6.45, 7) is 5.32. The summed E-state index contributed by atoms with van der Waals surface area (Å²) in [5, 5.41) is 8.79. The molecule has 2 saturated carbocycles. The van der Waals surface area contributed by atoms with Crippen LogP contribution in [0.4, 0.5) is 5.00 Å². The van der Waals surface area contributed by atoms with Crippen LogP contribution in [0.5, 0.6) is 0 Å². The standard InChI is InChI=1S/C12H20N4S/c1-2-13-12-11(14-15-17-12)8-16(10-5-6-10)7-9-3-4-9/h9-10,13H,2-8H2,1H3. The van der Waals surface area contributed by atoms with Crippen molar-refractivity contribution in [2.24, 2.45) is 5.92 Å². The SMILES string of the molecule is CCNc1snnc1CN(CC1CC1)C1CC1. The molecule has 0 aliphatic heterocycles. The van der Waals surface area contributed by atoms with Gasteiger partial charge in [-0.15, -0.1) is 5.10 Å². The maximum absolute atomic E-state index is 4.28.